The number of aliphatic carboxylic acids is 1. The Morgan fingerprint density at radius 2 is 2.35 bits per heavy atom. The van der Waals surface area contributed by atoms with Crippen molar-refractivity contribution < 1.29 is 14.7 Å². The number of amides is 1. The molecule has 0 aliphatic carbocycles. The summed E-state index contributed by atoms with van der Waals surface area (Å²) in [4.78, 5) is 30.4. The fourth-order valence-corrected chi connectivity index (χ4v) is 2.06. The average molecular weight is 293 g/mol. The van der Waals surface area contributed by atoms with E-state index >= 15 is 0 Å². The number of anilines is 1. The van der Waals surface area contributed by atoms with Crippen LogP contribution in [0.5, 0.6) is 0 Å². The van der Waals surface area contributed by atoms with E-state index in [1.54, 1.807) is 4.68 Å². The third-order valence-corrected chi connectivity index (χ3v) is 3.07. The standard InChI is InChI=1S/C11H11N5O3S/c17-9(3-4-16-7-12-6-14-16)15-11-13-5-8(20-11)1-2-10(18)19/h1-2,5-7H,3-4H2,(H,18,19)(H,13,15,17). The molecule has 20 heavy (non-hydrogen) atoms. The number of aromatic nitrogens is 4. The number of nitrogens with one attached hydrogen (secondary N) is 1. The molecule has 0 unspecified atom stereocenters. The summed E-state index contributed by atoms with van der Waals surface area (Å²) in [5, 5.41) is 15.5. The van der Waals surface area contributed by atoms with Crippen LogP contribution in [0.25, 0.3) is 6.08 Å². The van der Waals surface area contributed by atoms with E-state index in [-0.39, 0.29) is 12.3 Å². The summed E-state index contributed by atoms with van der Waals surface area (Å²) in [5.74, 6) is -1.22. The van der Waals surface area contributed by atoms with Crippen molar-refractivity contribution in [1.29, 1.82) is 0 Å². The van der Waals surface area contributed by atoms with Crippen LogP contribution in [-0.4, -0.2) is 36.7 Å². The molecule has 0 saturated carbocycles. The fourth-order valence-electron chi connectivity index (χ4n) is 1.32. The van der Waals surface area contributed by atoms with E-state index < -0.39 is 5.97 Å². The van der Waals surface area contributed by atoms with Gasteiger partial charge in [-0.05, 0) is 6.08 Å². The van der Waals surface area contributed by atoms with Crippen molar-refractivity contribution >= 4 is 34.4 Å². The minimum Gasteiger partial charge on any atom is -0.478 e. The van der Waals surface area contributed by atoms with Crippen molar-refractivity contribution in [3.63, 3.8) is 0 Å². The molecular weight excluding hydrogens is 282 g/mol. The summed E-state index contributed by atoms with van der Waals surface area (Å²) in [6, 6.07) is 0. The van der Waals surface area contributed by atoms with Gasteiger partial charge in [0.25, 0.3) is 0 Å². The molecule has 0 fully saturated rings. The van der Waals surface area contributed by atoms with Gasteiger partial charge >= 0.3 is 5.97 Å². The molecule has 8 nitrogen and oxygen atoms in total. The molecule has 0 atom stereocenters. The second-order valence-corrected chi connectivity index (χ2v) is 4.76. The maximum absolute atomic E-state index is 11.7. The maximum atomic E-state index is 11.7. The zero-order valence-electron chi connectivity index (χ0n) is 10.3. The first-order chi connectivity index (χ1) is 9.63. The number of hydrogen-bond donors (Lipinski definition) is 2. The molecule has 2 aromatic heterocycles. The van der Waals surface area contributed by atoms with Gasteiger partial charge in [0.2, 0.25) is 5.91 Å². The molecular formula is C11H11N5O3S. The van der Waals surface area contributed by atoms with Crippen LogP contribution in [0.4, 0.5) is 5.13 Å². The van der Waals surface area contributed by atoms with E-state index in [2.05, 4.69) is 20.4 Å². The minimum atomic E-state index is -1.03. The van der Waals surface area contributed by atoms with Gasteiger partial charge < -0.3 is 10.4 Å². The molecule has 2 rings (SSSR count). The Morgan fingerprint density at radius 1 is 1.50 bits per heavy atom. The van der Waals surface area contributed by atoms with Crippen LogP contribution >= 0.6 is 11.3 Å². The van der Waals surface area contributed by atoms with E-state index in [1.807, 2.05) is 0 Å². The molecule has 2 heterocycles. The van der Waals surface area contributed by atoms with Gasteiger partial charge in [-0.2, -0.15) is 5.10 Å². The lowest BCUT2D eigenvalue weighted by Crippen LogP contribution is -2.14. The van der Waals surface area contributed by atoms with Crippen LogP contribution in [0.3, 0.4) is 0 Å². The second-order valence-electron chi connectivity index (χ2n) is 3.70. The Kier molecular flexibility index (Phi) is 4.56. The summed E-state index contributed by atoms with van der Waals surface area (Å²) < 4.78 is 1.56. The van der Waals surface area contributed by atoms with Gasteiger partial charge in [0.15, 0.2) is 5.13 Å². The predicted molar refractivity (Wildman–Crippen MR) is 72.1 cm³/mol. The third kappa shape index (κ3) is 4.28. The molecule has 0 aliphatic rings. The Balaban J connectivity index is 1.83. The molecule has 2 N–H and O–H groups in total. The highest BCUT2D eigenvalue weighted by Crippen LogP contribution is 2.19. The normalized spacial score (nSPS) is 10.8. The largest absolute Gasteiger partial charge is 0.478 e. The zero-order chi connectivity index (χ0) is 14.4. The van der Waals surface area contributed by atoms with Gasteiger partial charge in [-0.3, -0.25) is 9.48 Å². The monoisotopic (exact) mass is 293 g/mol. The predicted octanol–water partition coefficient (Wildman–Crippen LogP) is 0.861. The highest BCUT2D eigenvalue weighted by atomic mass is 32.1. The number of hydrogen-bond acceptors (Lipinski definition) is 6. The number of carboxylic acids is 1. The molecule has 0 spiro atoms. The van der Waals surface area contributed by atoms with Gasteiger partial charge in [-0.25, -0.2) is 14.8 Å². The van der Waals surface area contributed by atoms with E-state index in [0.29, 0.717) is 16.6 Å². The van der Waals surface area contributed by atoms with Gasteiger partial charge in [0.05, 0.1) is 6.54 Å². The topological polar surface area (TPSA) is 110 Å². The number of carbonyl (C=O) groups excluding carboxylic acids is 1. The molecule has 2 aromatic rings. The molecule has 9 heteroatoms. The van der Waals surface area contributed by atoms with Gasteiger partial charge in [-0.1, -0.05) is 11.3 Å². The van der Waals surface area contributed by atoms with Crippen LogP contribution in [0, 0.1) is 0 Å². The summed E-state index contributed by atoms with van der Waals surface area (Å²) in [7, 11) is 0. The first kappa shape index (κ1) is 13.9. The summed E-state index contributed by atoms with van der Waals surface area (Å²) in [6.07, 6.45) is 7.13. The van der Waals surface area contributed by atoms with E-state index in [4.69, 9.17) is 5.11 Å². The molecule has 0 saturated heterocycles. The Morgan fingerprint density at radius 3 is 3.05 bits per heavy atom. The van der Waals surface area contributed by atoms with E-state index in [1.165, 1.54) is 36.3 Å². The first-order valence-corrected chi connectivity index (χ1v) is 6.44. The number of aryl methyl sites for hydroxylation is 1. The number of rotatable bonds is 6. The van der Waals surface area contributed by atoms with Crippen LogP contribution in [0.2, 0.25) is 0 Å². The van der Waals surface area contributed by atoms with Crippen molar-refractivity contribution in [3.8, 4) is 0 Å². The smallest absolute Gasteiger partial charge is 0.328 e. The molecule has 0 aromatic carbocycles. The number of carboxylic acid groups (broad SMARTS) is 1. The average Bonchev–Trinajstić information content (AvgIpc) is 3.05. The quantitative estimate of drug-likeness (QED) is 0.764. The fraction of sp³-hybridized carbons (Fsp3) is 0.182. The van der Waals surface area contributed by atoms with Crippen molar-refractivity contribution in [1.82, 2.24) is 19.7 Å². The van der Waals surface area contributed by atoms with E-state index in [0.717, 1.165) is 6.08 Å². The Labute approximate surface area is 117 Å². The van der Waals surface area contributed by atoms with Crippen LogP contribution < -0.4 is 5.32 Å². The highest BCUT2D eigenvalue weighted by Gasteiger charge is 2.06. The lowest BCUT2D eigenvalue weighted by Gasteiger charge is -2.01. The molecule has 104 valence electrons. The summed E-state index contributed by atoms with van der Waals surface area (Å²) >= 11 is 1.20. The Hall–Kier alpha value is -2.55. The molecule has 0 radical (unpaired) electrons. The van der Waals surface area contributed by atoms with Gasteiger partial charge in [0, 0.05) is 23.6 Å². The van der Waals surface area contributed by atoms with Crippen LogP contribution in [0.15, 0.2) is 24.9 Å². The van der Waals surface area contributed by atoms with Crippen molar-refractivity contribution in [2.24, 2.45) is 0 Å². The minimum absolute atomic E-state index is 0.191. The van der Waals surface area contributed by atoms with Gasteiger partial charge in [-0.15, -0.1) is 0 Å². The van der Waals surface area contributed by atoms with E-state index in [9.17, 15) is 9.59 Å². The lowest BCUT2D eigenvalue weighted by molar-refractivity contribution is -0.131. The Bertz CT molecular complexity index is 620. The summed E-state index contributed by atoms with van der Waals surface area (Å²) in [6.45, 7) is 0.434. The van der Waals surface area contributed by atoms with Crippen molar-refractivity contribution in [3.05, 3.63) is 29.8 Å². The SMILES string of the molecule is O=C(O)C=Cc1cnc(NC(=O)CCn2cncn2)s1. The molecule has 0 aliphatic heterocycles. The number of thiazole rings is 1. The zero-order valence-corrected chi connectivity index (χ0v) is 11.1. The molecule has 0 bridgehead atoms. The van der Waals surface area contributed by atoms with Crippen molar-refractivity contribution in [2.75, 3.05) is 5.32 Å². The maximum Gasteiger partial charge on any atom is 0.328 e. The van der Waals surface area contributed by atoms with Gasteiger partial charge in [0.1, 0.15) is 12.7 Å². The first-order valence-electron chi connectivity index (χ1n) is 5.62. The van der Waals surface area contributed by atoms with Crippen LogP contribution in [0.1, 0.15) is 11.3 Å². The summed E-state index contributed by atoms with van der Waals surface area (Å²) in [5.41, 5.74) is 0. The number of nitrogens with zero attached hydrogens (tertiary/aromatic N) is 4. The lowest BCUT2D eigenvalue weighted by atomic mass is 10.4. The molecule has 1 amide bonds. The highest BCUT2D eigenvalue weighted by molar-refractivity contribution is 7.16. The van der Waals surface area contributed by atoms with Crippen molar-refractivity contribution in [2.45, 2.75) is 13.0 Å². The third-order valence-electron chi connectivity index (χ3n) is 2.19. The van der Waals surface area contributed by atoms with Crippen LogP contribution in [-0.2, 0) is 16.1 Å². The second kappa shape index (κ2) is 6.57. The number of carbonyl (C=O) groups is 2.